The first kappa shape index (κ1) is 22.7. The van der Waals surface area contributed by atoms with E-state index < -0.39 is 8.80 Å². The first-order valence-electron chi connectivity index (χ1n) is 8.71. The second kappa shape index (κ2) is 8.77. The Balaban J connectivity index is 0. The molecule has 0 unspecified atom stereocenters. The summed E-state index contributed by atoms with van der Waals surface area (Å²) < 4.78 is 0. The van der Waals surface area contributed by atoms with Crippen molar-refractivity contribution < 1.29 is 0 Å². The van der Waals surface area contributed by atoms with Crippen molar-refractivity contribution in [3.63, 3.8) is 0 Å². The van der Waals surface area contributed by atoms with Crippen LogP contribution in [0.3, 0.4) is 0 Å². The van der Waals surface area contributed by atoms with Crippen molar-refractivity contribution in [2.24, 2.45) is 0 Å². The van der Waals surface area contributed by atoms with Crippen LogP contribution in [0.1, 0.15) is 83.1 Å². The molecule has 0 bridgehead atoms. The van der Waals surface area contributed by atoms with Gasteiger partial charge in [0.2, 0.25) is 0 Å². The number of hydrogen-bond donors (Lipinski definition) is 0. The van der Waals surface area contributed by atoms with Crippen LogP contribution < -0.4 is 0 Å². The van der Waals surface area contributed by atoms with Crippen LogP contribution in [-0.2, 0) is 0 Å². The molecule has 0 aliphatic rings. The molecule has 0 rings (SSSR count). The molecule has 0 nitrogen and oxygen atoms in total. The van der Waals surface area contributed by atoms with E-state index in [1.807, 2.05) is 0 Å². The SMILES string of the molecule is CC[SiH](C(C)(C)C)C(C)(C)C.CC[SiH](CC)C(C)(C)C. The van der Waals surface area contributed by atoms with Crippen LogP contribution in [0, 0.1) is 0 Å². The van der Waals surface area contributed by atoms with Crippen molar-refractivity contribution >= 4 is 17.6 Å². The highest BCUT2D eigenvalue weighted by Crippen LogP contribution is 2.43. The molecule has 0 saturated carbocycles. The van der Waals surface area contributed by atoms with Gasteiger partial charge in [0.1, 0.15) is 0 Å². The molecule has 0 aliphatic heterocycles. The molecule has 0 aromatic rings. The Kier molecular flexibility index (Phi) is 9.96. The van der Waals surface area contributed by atoms with Crippen LogP contribution in [0.25, 0.3) is 0 Å². The highest BCUT2D eigenvalue weighted by Gasteiger charge is 2.34. The molecule has 0 radical (unpaired) electrons. The Labute approximate surface area is 134 Å². The first-order valence-corrected chi connectivity index (χ1v) is 12.9. The summed E-state index contributed by atoms with van der Waals surface area (Å²) in [4.78, 5) is 0. The smallest absolute Gasteiger partial charge is 0.0474 e. The Morgan fingerprint density at radius 2 is 0.800 bits per heavy atom. The molecule has 124 valence electrons. The standard InChI is InChI=1S/C10H24Si.C8H20Si/c1-8-11(9(2,3)4)10(5,6)7;1-6-9(7-2)8(3,4)5/h11H,8H2,1-7H3;9H,6-7H2,1-5H3. The highest BCUT2D eigenvalue weighted by atomic mass is 28.3. The summed E-state index contributed by atoms with van der Waals surface area (Å²) >= 11 is 0. The third-order valence-corrected chi connectivity index (χ3v) is 14.1. The third kappa shape index (κ3) is 9.38. The van der Waals surface area contributed by atoms with E-state index in [4.69, 9.17) is 0 Å². The van der Waals surface area contributed by atoms with E-state index in [1.165, 1.54) is 18.1 Å². The fourth-order valence-corrected chi connectivity index (χ4v) is 12.1. The van der Waals surface area contributed by atoms with Gasteiger partial charge in [0.05, 0.1) is 0 Å². The predicted molar refractivity (Wildman–Crippen MR) is 105 cm³/mol. The average Bonchev–Trinajstić information content (AvgIpc) is 2.13. The van der Waals surface area contributed by atoms with E-state index in [0.29, 0.717) is 15.1 Å². The molecule has 0 N–H and O–H groups in total. The molecule has 2 heteroatoms. The van der Waals surface area contributed by atoms with Gasteiger partial charge in [-0.05, 0) is 15.1 Å². The zero-order valence-electron chi connectivity index (χ0n) is 16.8. The maximum Gasteiger partial charge on any atom is 0.0474 e. The van der Waals surface area contributed by atoms with E-state index in [9.17, 15) is 0 Å². The van der Waals surface area contributed by atoms with Gasteiger partial charge in [0.25, 0.3) is 0 Å². The quantitative estimate of drug-likeness (QED) is 0.497. The fourth-order valence-electron chi connectivity index (χ4n) is 4.04. The van der Waals surface area contributed by atoms with Gasteiger partial charge >= 0.3 is 0 Å². The molecule has 0 aromatic heterocycles. The minimum absolute atomic E-state index is 0.380. The van der Waals surface area contributed by atoms with Crippen LogP contribution in [0.5, 0.6) is 0 Å². The molecular weight excluding hydrogens is 272 g/mol. The molecule has 20 heavy (non-hydrogen) atoms. The van der Waals surface area contributed by atoms with Gasteiger partial charge in [-0.1, -0.05) is 101 Å². The van der Waals surface area contributed by atoms with Crippen LogP contribution in [0.15, 0.2) is 0 Å². The molecule has 0 heterocycles. The lowest BCUT2D eigenvalue weighted by Crippen LogP contribution is -2.33. The van der Waals surface area contributed by atoms with Gasteiger partial charge < -0.3 is 0 Å². The summed E-state index contributed by atoms with van der Waals surface area (Å²) in [5, 5.41) is 1.84. The van der Waals surface area contributed by atoms with E-state index in [-0.39, 0.29) is 8.80 Å². The fraction of sp³-hybridized carbons (Fsp3) is 1.00. The lowest BCUT2D eigenvalue weighted by atomic mass is 10.2. The predicted octanol–water partition coefficient (Wildman–Crippen LogP) is 6.89. The molecule has 0 spiro atoms. The molecule has 0 saturated heterocycles. The average molecular weight is 317 g/mol. The van der Waals surface area contributed by atoms with Gasteiger partial charge in [0, 0.05) is 17.6 Å². The van der Waals surface area contributed by atoms with Gasteiger partial charge in [-0.15, -0.1) is 0 Å². The zero-order valence-corrected chi connectivity index (χ0v) is 19.1. The topological polar surface area (TPSA) is 0 Å². The summed E-state index contributed by atoms with van der Waals surface area (Å²) in [7, 11) is -0.970. The van der Waals surface area contributed by atoms with E-state index in [0.717, 1.165) is 0 Å². The summed E-state index contributed by atoms with van der Waals surface area (Å²) in [6.07, 6.45) is 0. The number of rotatable bonds is 3. The first-order chi connectivity index (χ1) is 8.71. The Hall–Kier alpha value is 0.434. The minimum Gasteiger partial charge on any atom is -0.0680 e. The zero-order chi connectivity index (χ0) is 16.8. The molecule has 0 aliphatic carbocycles. The van der Waals surface area contributed by atoms with Crippen molar-refractivity contribution in [3.8, 4) is 0 Å². The lowest BCUT2D eigenvalue weighted by molar-refractivity contribution is 0.639. The highest BCUT2D eigenvalue weighted by molar-refractivity contribution is 6.65. The molecule has 0 amide bonds. The van der Waals surface area contributed by atoms with E-state index in [1.54, 1.807) is 0 Å². The normalized spacial score (nSPS) is 13.5. The third-order valence-electron chi connectivity index (χ3n) is 4.71. The monoisotopic (exact) mass is 316 g/mol. The second-order valence-corrected chi connectivity index (χ2v) is 19.7. The van der Waals surface area contributed by atoms with Crippen molar-refractivity contribution in [1.82, 2.24) is 0 Å². The summed E-state index contributed by atoms with van der Waals surface area (Å²) in [5.74, 6) is 0. The van der Waals surface area contributed by atoms with Crippen LogP contribution >= 0.6 is 0 Å². The lowest BCUT2D eigenvalue weighted by Gasteiger charge is -2.38. The van der Waals surface area contributed by atoms with Gasteiger partial charge in [-0.3, -0.25) is 0 Å². The molecular formula is C18H44Si2. The molecule has 0 aromatic carbocycles. The summed E-state index contributed by atoms with van der Waals surface area (Å²) in [6, 6.07) is 4.34. The minimum atomic E-state index is -0.590. The van der Waals surface area contributed by atoms with Crippen molar-refractivity contribution in [3.05, 3.63) is 0 Å². The Morgan fingerprint density at radius 3 is 0.800 bits per heavy atom. The van der Waals surface area contributed by atoms with Crippen LogP contribution in [-0.4, -0.2) is 17.6 Å². The molecule has 0 fully saturated rings. The van der Waals surface area contributed by atoms with Crippen molar-refractivity contribution in [2.45, 2.75) is 116 Å². The van der Waals surface area contributed by atoms with E-state index >= 15 is 0 Å². The largest absolute Gasteiger partial charge is 0.0680 e. The Bertz CT molecular complexity index is 220. The summed E-state index contributed by atoms with van der Waals surface area (Å²) in [6.45, 7) is 28.6. The van der Waals surface area contributed by atoms with E-state index in [2.05, 4.69) is 83.1 Å². The van der Waals surface area contributed by atoms with Crippen LogP contribution in [0.2, 0.25) is 33.2 Å². The van der Waals surface area contributed by atoms with Crippen LogP contribution in [0.4, 0.5) is 0 Å². The second-order valence-electron chi connectivity index (χ2n) is 9.57. The van der Waals surface area contributed by atoms with Gasteiger partial charge in [0.15, 0.2) is 0 Å². The van der Waals surface area contributed by atoms with Crippen molar-refractivity contribution in [1.29, 1.82) is 0 Å². The maximum absolute atomic E-state index is 2.40. The van der Waals surface area contributed by atoms with Gasteiger partial charge in [-0.25, -0.2) is 0 Å². The molecule has 0 atom stereocenters. The van der Waals surface area contributed by atoms with Crippen molar-refractivity contribution in [2.75, 3.05) is 0 Å². The summed E-state index contributed by atoms with van der Waals surface area (Å²) in [5.41, 5.74) is 0. The maximum atomic E-state index is 2.40. The Morgan fingerprint density at radius 1 is 0.500 bits per heavy atom. The number of hydrogen-bond acceptors (Lipinski definition) is 0. The van der Waals surface area contributed by atoms with Gasteiger partial charge in [-0.2, -0.15) is 0 Å².